The van der Waals surface area contributed by atoms with Gasteiger partial charge in [0, 0.05) is 6.04 Å². The van der Waals surface area contributed by atoms with Gasteiger partial charge in [-0.05, 0) is 74.6 Å². The number of hydrogen-bond donors (Lipinski definition) is 2. The summed E-state index contributed by atoms with van der Waals surface area (Å²) in [4.78, 5) is 12.0. The molecule has 0 spiro atoms. The molecule has 3 rings (SSSR count). The fraction of sp³-hybridized carbons (Fsp3) is 0.682. The van der Waals surface area contributed by atoms with Crippen LogP contribution in [0, 0.1) is 0 Å². The van der Waals surface area contributed by atoms with Crippen molar-refractivity contribution in [3.8, 4) is 5.75 Å². The van der Waals surface area contributed by atoms with Crippen molar-refractivity contribution in [1.82, 2.24) is 10.6 Å². The van der Waals surface area contributed by atoms with Gasteiger partial charge in [0.1, 0.15) is 5.75 Å². The molecule has 1 atom stereocenters. The summed E-state index contributed by atoms with van der Waals surface area (Å²) in [5, 5.41) is 6.49. The molecule has 2 aliphatic rings. The largest absolute Gasteiger partial charge is 0.496 e. The van der Waals surface area contributed by atoms with E-state index in [0.29, 0.717) is 18.5 Å². The number of halogens is 1. The van der Waals surface area contributed by atoms with E-state index in [4.69, 9.17) is 4.74 Å². The van der Waals surface area contributed by atoms with Crippen molar-refractivity contribution in [1.29, 1.82) is 0 Å². The van der Waals surface area contributed by atoms with E-state index in [1.165, 1.54) is 49.7 Å². The predicted molar refractivity (Wildman–Crippen MR) is 113 cm³/mol. The molecule has 0 saturated heterocycles. The van der Waals surface area contributed by atoms with Gasteiger partial charge in [-0.3, -0.25) is 4.79 Å². The van der Waals surface area contributed by atoms with Gasteiger partial charge in [-0.15, -0.1) is 12.4 Å². The number of methoxy groups -OCH3 is 1. The lowest BCUT2D eigenvalue weighted by Gasteiger charge is -2.27. The Kier molecular flexibility index (Phi) is 9.43. The lowest BCUT2D eigenvalue weighted by molar-refractivity contribution is -0.121. The maximum Gasteiger partial charge on any atom is 0.234 e. The zero-order valence-corrected chi connectivity index (χ0v) is 17.4. The van der Waals surface area contributed by atoms with Crippen LogP contribution in [0.25, 0.3) is 0 Å². The minimum absolute atomic E-state index is 0. The third-order valence-corrected chi connectivity index (χ3v) is 5.97. The number of hydrogen-bond acceptors (Lipinski definition) is 3. The summed E-state index contributed by atoms with van der Waals surface area (Å²) in [6.07, 6.45) is 12.1. The summed E-state index contributed by atoms with van der Waals surface area (Å²) in [6.45, 7) is 1.36. The van der Waals surface area contributed by atoms with Gasteiger partial charge in [-0.2, -0.15) is 0 Å². The van der Waals surface area contributed by atoms with Gasteiger partial charge in [0.15, 0.2) is 0 Å². The van der Waals surface area contributed by atoms with Crippen molar-refractivity contribution in [2.75, 3.05) is 20.2 Å². The van der Waals surface area contributed by atoms with Crippen LogP contribution in [0.15, 0.2) is 18.2 Å². The van der Waals surface area contributed by atoms with Crippen molar-refractivity contribution in [3.63, 3.8) is 0 Å². The molecule has 1 amide bonds. The molecule has 0 radical (unpaired) electrons. The highest BCUT2D eigenvalue weighted by atomic mass is 35.5. The molecule has 0 aromatic heterocycles. The van der Waals surface area contributed by atoms with E-state index in [1.54, 1.807) is 7.11 Å². The second-order valence-corrected chi connectivity index (χ2v) is 7.84. The number of carbonyl (C=O) groups is 1. The molecule has 1 unspecified atom stereocenters. The fourth-order valence-electron chi connectivity index (χ4n) is 4.61. The van der Waals surface area contributed by atoms with Crippen LogP contribution >= 0.6 is 12.4 Å². The second kappa shape index (κ2) is 11.6. The van der Waals surface area contributed by atoms with Crippen LogP contribution in [-0.2, 0) is 11.2 Å². The molecule has 1 aromatic carbocycles. The Morgan fingerprint density at radius 1 is 1.15 bits per heavy atom. The third-order valence-electron chi connectivity index (χ3n) is 5.97. The number of carbonyl (C=O) groups excluding carboxylic acids is 1. The smallest absolute Gasteiger partial charge is 0.234 e. The molecule has 0 aliphatic heterocycles. The predicted octanol–water partition coefficient (Wildman–Crippen LogP) is 4.36. The van der Waals surface area contributed by atoms with Crippen LogP contribution < -0.4 is 15.4 Å². The number of rotatable bonds is 8. The third kappa shape index (κ3) is 6.39. The summed E-state index contributed by atoms with van der Waals surface area (Å²) in [5.74, 6) is 1.83. The lowest BCUT2D eigenvalue weighted by atomic mass is 9.80. The van der Waals surface area contributed by atoms with Crippen molar-refractivity contribution >= 4 is 18.3 Å². The van der Waals surface area contributed by atoms with E-state index in [2.05, 4.69) is 28.8 Å². The highest BCUT2D eigenvalue weighted by Gasteiger charge is 2.22. The molecule has 1 fully saturated rings. The first kappa shape index (κ1) is 22.0. The molecule has 2 N–H and O–H groups in total. The number of amides is 1. The molecule has 4 nitrogen and oxygen atoms in total. The molecule has 5 heteroatoms. The van der Waals surface area contributed by atoms with Gasteiger partial charge in [-0.1, -0.05) is 31.4 Å². The maximum atomic E-state index is 12.0. The van der Waals surface area contributed by atoms with E-state index in [-0.39, 0.29) is 18.3 Å². The van der Waals surface area contributed by atoms with Crippen molar-refractivity contribution < 1.29 is 9.53 Å². The zero-order chi connectivity index (χ0) is 18.2. The van der Waals surface area contributed by atoms with Gasteiger partial charge >= 0.3 is 0 Å². The SMILES string of the molecule is COc1cccc2c1CCCC2CCCNCC(=O)NC1CCCCC1.Cl. The molecule has 1 saturated carbocycles. The zero-order valence-electron chi connectivity index (χ0n) is 16.6. The topological polar surface area (TPSA) is 50.4 Å². The number of benzene rings is 1. The summed E-state index contributed by atoms with van der Waals surface area (Å²) in [5.41, 5.74) is 2.89. The van der Waals surface area contributed by atoms with Gasteiger partial charge in [0.05, 0.1) is 13.7 Å². The lowest BCUT2D eigenvalue weighted by Crippen LogP contribution is -2.41. The van der Waals surface area contributed by atoms with Crippen molar-refractivity contribution in [2.45, 2.75) is 76.2 Å². The Labute approximate surface area is 170 Å². The van der Waals surface area contributed by atoms with E-state index in [9.17, 15) is 4.79 Å². The van der Waals surface area contributed by atoms with Crippen LogP contribution in [0.4, 0.5) is 0 Å². The average molecular weight is 395 g/mol. The Bertz CT molecular complexity index is 588. The quantitative estimate of drug-likeness (QED) is 0.644. The second-order valence-electron chi connectivity index (χ2n) is 7.84. The molecule has 0 bridgehead atoms. The minimum Gasteiger partial charge on any atom is -0.496 e. The molecule has 0 heterocycles. The van der Waals surface area contributed by atoms with E-state index in [1.807, 2.05) is 0 Å². The first-order chi connectivity index (χ1) is 12.8. The van der Waals surface area contributed by atoms with Gasteiger partial charge in [-0.25, -0.2) is 0 Å². The Morgan fingerprint density at radius 3 is 2.74 bits per heavy atom. The van der Waals surface area contributed by atoms with Gasteiger partial charge in [0.2, 0.25) is 5.91 Å². The summed E-state index contributed by atoms with van der Waals surface area (Å²) in [6, 6.07) is 6.87. The molecule has 152 valence electrons. The van der Waals surface area contributed by atoms with Crippen LogP contribution in [-0.4, -0.2) is 32.1 Å². The van der Waals surface area contributed by atoms with Gasteiger partial charge in [0.25, 0.3) is 0 Å². The van der Waals surface area contributed by atoms with Crippen molar-refractivity contribution in [2.24, 2.45) is 0 Å². The number of fused-ring (bicyclic) bond motifs is 1. The van der Waals surface area contributed by atoms with Gasteiger partial charge < -0.3 is 15.4 Å². The van der Waals surface area contributed by atoms with Crippen LogP contribution in [0.3, 0.4) is 0 Å². The number of nitrogens with one attached hydrogen (secondary N) is 2. The van der Waals surface area contributed by atoms with E-state index < -0.39 is 0 Å². The van der Waals surface area contributed by atoms with E-state index in [0.717, 1.165) is 38.0 Å². The van der Waals surface area contributed by atoms with E-state index >= 15 is 0 Å². The first-order valence-corrected chi connectivity index (χ1v) is 10.4. The Hall–Kier alpha value is -1.26. The molecular weight excluding hydrogens is 360 g/mol. The highest BCUT2D eigenvalue weighted by molar-refractivity contribution is 5.85. The Morgan fingerprint density at radius 2 is 1.96 bits per heavy atom. The van der Waals surface area contributed by atoms with Crippen LogP contribution in [0.5, 0.6) is 5.75 Å². The van der Waals surface area contributed by atoms with Crippen molar-refractivity contribution in [3.05, 3.63) is 29.3 Å². The highest BCUT2D eigenvalue weighted by Crippen LogP contribution is 2.38. The van der Waals surface area contributed by atoms with Crippen LogP contribution in [0.1, 0.15) is 74.8 Å². The normalized spacial score (nSPS) is 19.7. The maximum absolute atomic E-state index is 12.0. The average Bonchev–Trinajstić information content (AvgIpc) is 2.68. The molecule has 1 aromatic rings. The molecule has 27 heavy (non-hydrogen) atoms. The summed E-state index contributed by atoms with van der Waals surface area (Å²) < 4.78 is 5.54. The molecular formula is C22H35ClN2O2. The first-order valence-electron chi connectivity index (χ1n) is 10.4. The summed E-state index contributed by atoms with van der Waals surface area (Å²) in [7, 11) is 1.77. The van der Waals surface area contributed by atoms with Crippen LogP contribution in [0.2, 0.25) is 0 Å². The fourth-order valence-corrected chi connectivity index (χ4v) is 4.61. The molecule has 2 aliphatic carbocycles. The summed E-state index contributed by atoms with van der Waals surface area (Å²) >= 11 is 0. The number of ether oxygens (including phenoxy) is 1. The standard InChI is InChI=1S/C22H34N2O2.ClH/c1-26-21-14-6-12-19-17(8-5-13-20(19)21)9-7-15-23-16-22(25)24-18-10-3-2-4-11-18;/h6,12,14,17-18,23H,2-5,7-11,13,15-16H2,1H3,(H,24,25);1H. The monoisotopic (exact) mass is 394 g/mol. The minimum atomic E-state index is 0. The Balaban J connectivity index is 0.00000261.